The second-order valence-electron chi connectivity index (χ2n) is 5.17. The quantitative estimate of drug-likeness (QED) is 0.536. The first-order valence-electron chi connectivity index (χ1n) is 7.23. The number of ether oxygens (including phenoxy) is 1. The number of nitrogens with one attached hydrogen (secondary N) is 2. The molecular formula is C14H17ClN4O4S2. The molecule has 0 saturated carbocycles. The van der Waals surface area contributed by atoms with Crippen molar-refractivity contribution in [1.82, 2.24) is 9.69 Å². The molecule has 0 aliphatic carbocycles. The number of urea groups is 1. The van der Waals surface area contributed by atoms with Crippen LogP contribution < -0.4 is 21.1 Å². The van der Waals surface area contributed by atoms with Gasteiger partial charge in [0.05, 0.1) is 4.34 Å². The number of rotatable bonds is 8. The summed E-state index contributed by atoms with van der Waals surface area (Å²) in [5, 5.41) is 14.2. The Balaban J connectivity index is 2.02. The molecule has 0 spiro atoms. The molecule has 1 unspecified atom stereocenters. The average molecular weight is 405 g/mol. The number of hydrogen-bond donors (Lipinski definition) is 4. The molecule has 2 aromatic rings. The Morgan fingerprint density at radius 1 is 1.48 bits per heavy atom. The van der Waals surface area contributed by atoms with Crippen LogP contribution in [-0.2, 0) is 6.61 Å². The number of amides is 3. The third kappa shape index (κ3) is 5.56. The van der Waals surface area contributed by atoms with Crippen molar-refractivity contribution in [2.75, 3.05) is 18.5 Å². The Bertz CT molecular complexity index is 749. The van der Waals surface area contributed by atoms with Crippen LogP contribution in [0, 0.1) is 5.92 Å². The van der Waals surface area contributed by atoms with Crippen molar-refractivity contribution in [2.24, 2.45) is 11.7 Å². The Kier molecular flexibility index (Phi) is 7.00. The number of primary amides is 1. The van der Waals surface area contributed by atoms with E-state index in [0.29, 0.717) is 4.34 Å². The van der Waals surface area contributed by atoms with Crippen molar-refractivity contribution in [1.29, 1.82) is 0 Å². The zero-order valence-electron chi connectivity index (χ0n) is 13.2. The molecule has 0 aromatic carbocycles. The fourth-order valence-electron chi connectivity index (χ4n) is 1.72. The highest BCUT2D eigenvalue weighted by Crippen LogP contribution is 2.31. The van der Waals surface area contributed by atoms with Crippen LogP contribution in [0.4, 0.5) is 9.80 Å². The van der Waals surface area contributed by atoms with E-state index in [1.54, 1.807) is 19.1 Å². The third-order valence-electron chi connectivity index (χ3n) is 3.04. The summed E-state index contributed by atoms with van der Waals surface area (Å²) < 4.78 is 10.2. The van der Waals surface area contributed by atoms with Gasteiger partial charge in [-0.15, -0.1) is 11.3 Å². The van der Waals surface area contributed by atoms with Crippen molar-refractivity contribution in [3.8, 4) is 5.88 Å². The molecule has 0 radical (unpaired) electrons. The van der Waals surface area contributed by atoms with E-state index in [0.717, 1.165) is 16.4 Å². The maximum absolute atomic E-state index is 11.9. The molecule has 5 N–H and O–H groups in total. The second-order valence-corrected chi connectivity index (χ2v) is 7.75. The molecule has 1 atom stereocenters. The number of halogens is 1. The molecule has 8 nitrogen and oxygen atoms in total. The summed E-state index contributed by atoms with van der Waals surface area (Å²) in [7, 11) is 0. The first-order chi connectivity index (χ1) is 11.9. The lowest BCUT2D eigenvalue weighted by atomic mass is 10.2. The minimum absolute atomic E-state index is 0.0120. The van der Waals surface area contributed by atoms with Crippen LogP contribution in [0.2, 0.25) is 4.34 Å². The lowest BCUT2D eigenvalue weighted by Crippen LogP contribution is -2.33. The Labute approximate surface area is 157 Å². The molecule has 136 valence electrons. The highest BCUT2D eigenvalue weighted by Gasteiger charge is 2.22. The fraction of sp³-hybridized carbons (Fsp3) is 0.357. The molecule has 0 saturated heterocycles. The van der Waals surface area contributed by atoms with Crippen LogP contribution in [0.3, 0.4) is 0 Å². The Morgan fingerprint density at radius 2 is 2.24 bits per heavy atom. The van der Waals surface area contributed by atoms with Crippen LogP contribution in [0.1, 0.15) is 22.2 Å². The molecule has 2 heterocycles. The topological polar surface area (TPSA) is 127 Å². The summed E-state index contributed by atoms with van der Waals surface area (Å²) in [5.74, 6) is -0.785. The summed E-state index contributed by atoms with van der Waals surface area (Å²) in [5.41, 5.74) is 5.39. The zero-order valence-corrected chi connectivity index (χ0v) is 15.6. The van der Waals surface area contributed by atoms with E-state index >= 15 is 0 Å². The summed E-state index contributed by atoms with van der Waals surface area (Å²) in [6, 6.07) is 3.02. The van der Waals surface area contributed by atoms with Crippen LogP contribution >= 0.6 is 34.5 Å². The first-order valence-corrected chi connectivity index (χ1v) is 9.19. The molecule has 3 amide bonds. The monoisotopic (exact) mass is 404 g/mol. The standard InChI is InChI=1S/C14H17ClN4O4S2/c1-7(5-20)4-17-14(22)18-13-10(11(16)21)12(19-25-13)23-6-8-2-3-9(15)24-8/h2-3,7,20H,4-6H2,1H3,(H2,16,21)(H2,17,18,22). The number of carbonyl (C=O) groups excluding carboxylic acids is 2. The number of thiophene rings is 1. The van der Waals surface area contributed by atoms with Crippen molar-refractivity contribution < 1.29 is 19.4 Å². The van der Waals surface area contributed by atoms with Gasteiger partial charge in [-0.3, -0.25) is 10.1 Å². The molecule has 0 bridgehead atoms. The van der Waals surface area contributed by atoms with Crippen LogP contribution in [-0.4, -0.2) is 34.6 Å². The molecule has 25 heavy (non-hydrogen) atoms. The van der Waals surface area contributed by atoms with Gasteiger partial charge in [0.25, 0.3) is 5.91 Å². The Hall–Kier alpha value is -1.88. The summed E-state index contributed by atoms with van der Waals surface area (Å²) in [6.45, 7) is 2.21. The van der Waals surface area contributed by atoms with E-state index in [9.17, 15) is 9.59 Å². The van der Waals surface area contributed by atoms with E-state index in [1.165, 1.54) is 11.3 Å². The molecule has 2 rings (SSSR count). The molecule has 0 fully saturated rings. The van der Waals surface area contributed by atoms with E-state index < -0.39 is 11.9 Å². The number of hydrogen-bond acceptors (Lipinski definition) is 7. The number of aliphatic hydroxyl groups is 1. The van der Waals surface area contributed by atoms with Crippen LogP contribution in [0.25, 0.3) is 0 Å². The predicted octanol–water partition coefficient (Wildman–Crippen LogP) is 2.29. The predicted molar refractivity (Wildman–Crippen MR) is 97.6 cm³/mol. The van der Waals surface area contributed by atoms with E-state index in [-0.39, 0.29) is 42.1 Å². The highest BCUT2D eigenvalue weighted by atomic mass is 35.5. The lowest BCUT2D eigenvalue weighted by molar-refractivity contribution is 0.0997. The number of nitrogens with zero attached hydrogens (tertiary/aromatic N) is 1. The molecule has 11 heteroatoms. The number of carbonyl (C=O) groups is 2. The molecule has 0 aliphatic heterocycles. The van der Waals surface area contributed by atoms with Gasteiger partial charge >= 0.3 is 6.03 Å². The van der Waals surface area contributed by atoms with Gasteiger partial charge in [0.1, 0.15) is 17.2 Å². The van der Waals surface area contributed by atoms with Crippen molar-refractivity contribution in [3.05, 3.63) is 26.9 Å². The normalized spacial score (nSPS) is 11.8. The van der Waals surface area contributed by atoms with Crippen LogP contribution in [0.5, 0.6) is 5.88 Å². The fourth-order valence-corrected chi connectivity index (χ4v) is 3.46. The molecule has 0 aliphatic rings. The summed E-state index contributed by atoms with van der Waals surface area (Å²) in [6.07, 6.45) is 0. The van der Waals surface area contributed by atoms with Crippen molar-refractivity contribution in [3.63, 3.8) is 0 Å². The smallest absolute Gasteiger partial charge is 0.319 e. The minimum atomic E-state index is -0.757. The van der Waals surface area contributed by atoms with Crippen molar-refractivity contribution >= 4 is 51.4 Å². The zero-order chi connectivity index (χ0) is 18.4. The highest BCUT2D eigenvalue weighted by molar-refractivity contribution is 7.16. The van der Waals surface area contributed by atoms with E-state index in [2.05, 4.69) is 15.0 Å². The maximum Gasteiger partial charge on any atom is 0.319 e. The van der Waals surface area contributed by atoms with E-state index in [1.807, 2.05) is 0 Å². The van der Waals surface area contributed by atoms with Gasteiger partial charge in [0.15, 0.2) is 0 Å². The summed E-state index contributed by atoms with van der Waals surface area (Å²) >= 11 is 8.10. The van der Waals surface area contributed by atoms with Gasteiger partial charge in [-0.2, -0.15) is 4.37 Å². The molecule has 2 aromatic heterocycles. The van der Waals surface area contributed by atoms with Gasteiger partial charge in [-0.1, -0.05) is 18.5 Å². The lowest BCUT2D eigenvalue weighted by Gasteiger charge is -2.10. The second kappa shape index (κ2) is 8.99. The number of aromatic nitrogens is 1. The Morgan fingerprint density at radius 3 is 2.84 bits per heavy atom. The first kappa shape index (κ1) is 19.4. The van der Waals surface area contributed by atoms with Gasteiger partial charge < -0.3 is 20.9 Å². The van der Waals surface area contributed by atoms with Gasteiger partial charge in [0, 0.05) is 18.0 Å². The largest absolute Gasteiger partial charge is 0.471 e. The van der Waals surface area contributed by atoms with Crippen molar-refractivity contribution in [2.45, 2.75) is 13.5 Å². The van der Waals surface area contributed by atoms with Gasteiger partial charge in [-0.25, -0.2) is 4.79 Å². The van der Waals surface area contributed by atoms with Gasteiger partial charge in [-0.05, 0) is 29.6 Å². The van der Waals surface area contributed by atoms with Gasteiger partial charge in [0.2, 0.25) is 5.88 Å². The third-order valence-corrected chi connectivity index (χ3v) is 4.99. The minimum Gasteiger partial charge on any atom is -0.471 e. The average Bonchev–Trinajstić information content (AvgIpc) is 3.16. The molecular weight excluding hydrogens is 388 g/mol. The SMILES string of the molecule is CC(CO)CNC(=O)Nc1snc(OCc2ccc(Cl)s2)c1C(N)=O. The number of anilines is 1. The van der Waals surface area contributed by atoms with E-state index in [4.69, 9.17) is 27.2 Å². The number of aliphatic hydroxyl groups excluding tert-OH is 1. The number of nitrogens with two attached hydrogens (primary N) is 1. The van der Waals surface area contributed by atoms with Crippen LogP contribution in [0.15, 0.2) is 12.1 Å². The summed E-state index contributed by atoms with van der Waals surface area (Å²) in [4.78, 5) is 24.4. The maximum atomic E-state index is 11.9.